The highest BCUT2D eigenvalue weighted by molar-refractivity contribution is 6.09. The number of piperidine rings is 1. The molecule has 2 aromatic carbocycles. The molecule has 1 saturated carbocycles. The van der Waals surface area contributed by atoms with Crippen molar-refractivity contribution in [2.75, 3.05) is 59.4 Å². The molecule has 5 rings (SSSR count). The summed E-state index contributed by atoms with van der Waals surface area (Å²) in [6.07, 6.45) is 8.22. The quantitative estimate of drug-likeness (QED) is 0.213. The maximum absolute atomic E-state index is 14.9. The van der Waals surface area contributed by atoms with Gasteiger partial charge in [0.15, 0.2) is 0 Å². The number of nitrogens with zero attached hydrogens (tertiary/aromatic N) is 4. The molecule has 0 bridgehead atoms. The van der Waals surface area contributed by atoms with Gasteiger partial charge in [0.1, 0.15) is 5.82 Å². The lowest BCUT2D eigenvalue weighted by Gasteiger charge is -2.37. The minimum Gasteiger partial charge on any atom is -0.375 e. The van der Waals surface area contributed by atoms with Gasteiger partial charge in [-0.3, -0.25) is 24.1 Å². The van der Waals surface area contributed by atoms with Crippen LogP contribution in [0.2, 0.25) is 0 Å². The first-order valence-corrected chi connectivity index (χ1v) is 21.1. The van der Waals surface area contributed by atoms with E-state index in [1.165, 1.54) is 24.6 Å². The highest BCUT2D eigenvalue weighted by Gasteiger charge is 2.32. The number of rotatable bonds is 14. The molecule has 2 atom stereocenters. The summed E-state index contributed by atoms with van der Waals surface area (Å²) < 4.78 is 21.2. The number of primary amides is 1. The van der Waals surface area contributed by atoms with E-state index in [1.807, 2.05) is 51.5 Å². The fraction of sp³-hybridized carbons (Fsp3) is 0.614. The number of nitrogens with one attached hydrogen (secondary N) is 1. The maximum atomic E-state index is 14.9. The highest BCUT2D eigenvalue weighted by atomic mass is 19.1. The lowest BCUT2D eigenvalue weighted by atomic mass is 9.83. The third-order valence-electron chi connectivity index (χ3n) is 11.0. The topological polar surface area (TPSA) is 166 Å². The number of carbonyl (C=O) groups is 4. The number of likely N-dealkylation sites (tertiary alicyclic amines) is 1. The Morgan fingerprint density at radius 1 is 0.842 bits per heavy atom. The summed E-state index contributed by atoms with van der Waals surface area (Å²) in [6.45, 7) is 13.6. The number of carbonyl (C=O) groups excluding carboxylic acids is 4. The molecule has 0 spiro atoms. The number of likely N-dealkylation sites (N-methyl/N-ethyl adjacent to an activating group) is 1. The van der Waals surface area contributed by atoms with Gasteiger partial charge in [0.05, 0.1) is 30.4 Å². The van der Waals surface area contributed by atoms with Crippen molar-refractivity contribution >= 4 is 29.3 Å². The number of halogens is 1. The molecule has 0 aromatic heterocycles. The normalized spacial score (nSPS) is 17.5. The molecule has 2 heterocycles. The van der Waals surface area contributed by atoms with Crippen molar-refractivity contribution in [1.82, 2.24) is 19.6 Å². The molecule has 2 aliphatic heterocycles. The Kier molecular flexibility index (Phi) is 19.8. The molecule has 1 aliphatic carbocycles. The van der Waals surface area contributed by atoms with E-state index in [4.69, 9.17) is 21.6 Å². The van der Waals surface area contributed by atoms with Crippen molar-refractivity contribution in [2.45, 2.75) is 111 Å². The number of hydrogen-bond donors (Lipinski definition) is 3. The van der Waals surface area contributed by atoms with E-state index in [9.17, 15) is 23.6 Å². The molecule has 4 amide bonds. The fourth-order valence-corrected chi connectivity index (χ4v) is 7.76. The van der Waals surface area contributed by atoms with Gasteiger partial charge in [0.25, 0.3) is 5.91 Å². The number of piperazine rings is 1. The molecule has 3 aliphatic rings. The Morgan fingerprint density at radius 3 is 2.05 bits per heavy atom. The Balaban J connectivity index is 0.00000211. The summed E-state index contributed by atoms with van der Waals surface area (Å²) in [5.74, 6) is -1.40. The lowest BCUT2D eigenvalue weighted by Crippen LogP contribution is -2.52. The Morgan fingerprint density at radius 2 is 1.44 bits per heavy atom. The van der Waals surface area contributed by atoms with Gasteiger partial charge in [0, 0.05) is 69.1 Å². The predicted molar refractivity (Wildman–Crippen MR) is 224 cm³/mol. The van der Waals surface area contributed by atoms with E-state index in [0.29, 0.717) is 49.8 Å². The smallest absolute Gasteiger partial charge is 0.256 e. The van der Waals surface area contributed by atoms with Crippen molar-refractivity contribution in [3.63, 3.8) is 0 Å². The summed E-state index contributed by atoms with van der Waals surface area (Å²) >= 11 is 0. The van der Waals surface area contributed by atoms with Crippen LogP contribution in [0.25, 0.3) is 0 Å². The molecule has 2 saturated heterocycles. The van der Waals surface area contributed by atoms with Gasteiger partial charge in [-0.1, -0.05) is 71.2 Å². The van der Waals surface area contributed by atoms with Crippen LogP contribution in [0.1, 0.15) is 118 Å². The summed E-state index contributed by atoms with van der Waals surface area (Å²) in [5.41, 5.74) is 13.1. The molecule has 5 N–H and O–H groups in total. The molecule has 13 heteroatoms. The van der Waals surface area contributed by atoms with Crippen LogP contribution in [-0.2, 0) is 20.7 Å². The zero-order chi connectivity index (χ0) is 42.1. The van der Waals surface area contributed by atoms with Crippen LogP contribution in [0.15, 0.2) is 42.5 Å². The van der Waals surface area contributed by atoms with Crippen LogP contribution in [0.5, 0.6) is 0 Å². The monoisotopic (exact) mass is 794 g/mol. The van der Waals surface area contributed by atoms with E-state index < -0.39 is 17.6 Å². The standard InChI is InChI=1S/C40H56FN7O5.2C2H6/c1-27(53-30-15-18-47(19-16-30)40(52)37(43)29-8-4-3-5-9-29)14-17-45(2)26-36(49)46-20-22-48(23-21-46)39(51)33-24-28(12-13-34(33)41)25-35(42)31-10-6-7-11-32(31)38(44)50;2*1-2/h6-7,10-13,24,27,29-30,37,42H,3-5,8-9,14-23,25-26,43H2,1-2H3,(H2,44,50);2*1-2H3. The van der Waals surface area contributed by atoms with Crippen LogP contribution in [0.3, 0.4) is 0 Å². The highest BCUT2D eigenvalue weighted by Crippen LogP contribution is 2.27. The molecule has 57 heavy (non-hydrogen) atoms. The van der Waals surface area contributed by atoms with E-state index in [0.717, 1.165) is 44.9 Å². The summed E-state index contributed by atoms with van der Waals surface area (Å²) in [5, 5.41) is 8.53. The van der Waals surface area contributed by atoms with Gasteiger partial charge < -0.3 is 36.3 Å². The van der Waals surface area contributed by atoms with Gasteiger partial charge >= 0.3 is 0 Å². The second kappa shape index (κ2) is 23.9. The second-order valence-corrected chi connectivity index (χ2v) is 15.0. The summed E-state index contributed by atoms with van der Waals surface area (Å²) in [7, 11) is 1.91. The molecule has 12 nitrogen and oxygen atoms in total. The van der Waals surface area contributed by atoms with E-state index in [2.05, 4.69) is 0 Å². The minimum absolute atomic E-state index is 0.00861. The van der Waals surface area contributed by atoms with Crippen LogP contribution < -0.4 is 11.5 Å². The van der Waals surface area contributed by atoms with Crippen LogP contribution in [0.4, 0.5) is 4.39 Å². The Hall–Kier alpha value is -4.20. The first-order valence-electron chi connectivity index (χ1n) is 21.1. The third-order valence-corrected chi connectivity index (χ3v) is 11.0. The summed E-state index contributed by atoms with van der Waals surface area (Å²) in [6, 6.07) is 10.4. The van der Waals surface area contributed by atoms with E-state index in [-0.39, 0.29) is 73.0 Å². The first-order chi connectivity index (χ1) is 27.4. The molecule has 2 unspecified atom stereocenters. The van der Waals surface area contributed by atoms with Gasteiger partial charge in [-0.25, -0.2) is 4.39 Å². The van der Waals surface area contributed by atoms with E-state index >= 15 is 0 Å². The molecule has 2 aromatic rings. The van der Waals surface area contributed by atoms with E-state index in [1.54, 1.807) is 34.1 Å². The molecular weight excluding hydrogens is 726 g/mol. The Bertz CT molecular complexity index is 1620. The van der Waals surface area contributed by atoms with Gasteiger partial charge in [-0.05, 0) is 75.8 Å². The minimum atomic E-state index is -0.656. The van der Waals surface area contributed by atoms with Crippen molar-refractivity contribution in [3.05, 3.63) is 70.5 Å². The largest absolute Gasteiger partial charge is 0.375 e. The molecule has 0 radical (unpaired) electrons. The van der Waals surface area contributed by atoms with Crippen LogP contribution in [-0.4, -0.2) is 127 Å². The third kappa shape index (κ3) is 13.7. The predicted octanol–water partition coefficient (Wildman–Crippen LogP) is 5.50. The van der Waals surface area contributed by atoms with Crippen molar-refractivity contribution < 1.29 is 28.3 Å². The van der Waals surface area contributed by atoms with Crippen LogP contribution in [0, 0.1) is 17.1 Å². The molecule has 3 fully saturated rings. The van der Waals surface area contributed by atoms with Gasteiger partial charge in [0.2, 0.25) is 17.7 Å². The zero-order valence-corrected chi connectivity index (χ0v) is 35.2. The average Bonchev–Trinajstić information content (AvgIpc) is 3.24. The number of benzene rings is 2. The van der Waals surface area contributed by atoms with Crippen molar-refractivity contribution in [2.24, 2.45) is 17.4 Å². The van der Waals surface area contributed by atoms with Gasteiger partial charge in [-0.2, -0.15) is 0 Å². The average molecular weight is 794 g/mol. The maximum Gasteiger partial charge on any atom is 0.256 e. The van der Waals surface area contributed by atoms with Crippen LogP contribution >= 0.6 is 0 Å². The SMILES string of the molecule is CC.CC.CC(CCN(C)CC(=O)N1CCN(C(=O)c2cc(CC(=N)c3ccccc3C(N)=O)ccc2F)CC1)OC1CCN(C(=O)C(N)C2CCCCC2)CC1. The number of nitrogens with two attached hydrogens (primary N) is 2. The molecular formula is C44H68FN7O5. The molecule has 316 valence electrons. The number of ether oxygens (including phenoxy) is 1. The zero-order valence-electron chi connectivity index (χ0n) is 35.2. The van der Waals surface area contributed by atoms with Crippen molar-refractivity contribution in [3.8, 4) is 0 Å². The van der Waals surface area contributed by atoms with Gasteiger partial charge in [-0.15, -0.1) is 0 Å². The van der Waals surface area contributed by atoms with Crippen molar-refractivity contribution in [1.29, 1.82) is 5.41 Å². The second-order valence-electron chi connectivity index (χ2n) is 15.0. The number of amides is 4. The summed E-state index contributed by atoms with van der Waals surface area (Å²) in [4.78, 5) is 58.5. The fourth-order valence-electron chi connectivity index (χ4n) is 7.76. The lowest BCUT2D eigenvalue weighted by molar-refractivity contribution is -0.138. The first kappa shape index (κ1) is 47.2. The number of hydrogen-bond acceptors (Lipinski definition) is 8. The Labute approximate surface area is 339 Å².